The lowest BCUT2D eigenvalue weighted by Crippen LogP contribution is -2.38. The lowest BCUT2D eigenvalue weighted by molar-refractivity contribution is -0.120. The summed E-state index contributed by atoms with van der Waals surface area (Å²) in [5, 5.41) is -0.1000. The lowest BCUT2D eigenvalue weighted by Gasteiger charge is -2.29. The first-order valence-corrected chi connectivity index (χ1v) is 5.79. The number of ether oxygens (including phenoxy) is 1. The molecular weight excluding hydrogens is 210 g/mol. The first kappa shape index (κ1) is 14.9. The SMILES string of the molecule is CCC(C)(CN)OCCC(C)(C)C(=O)S. The van der Waals surface area contributed by atoms with E-state index in [1.807, 2.05) is 27.7 Å². The van der Waals surface area contributed by atoms with E-state index in [1.54, 1.807) is 0 Å². The van der Waals surface area contributed by atoms with Crippen LogP contribution < -0.4 is 5.73 Å². The van der Waals surface area contributed by atoms with Gasteiger partial charge in [0.15, 0.2) is 5.12 Å². The van der Waals surface area contributed by atoms with Gasteiger partial charge in [-0.05, 0) is 19.8 Å². The van der Waals surface area contributed by atoms with E-state index >= 15 is 0 Å². The first-order chi connectivity index (χ1) is 6.77. The van der Waals surface area contributed by atoms with Crippen molar-refractivity contribution in [3.8, 4) is 0 Å². The van der Waals surface area contributed by atoms with E-state index in [1.165, 1.54) is 0 Å². The monoisotopic (exact) mass is 233 g/mol. The van der Waals surface area contributed by atoms with Crippen LogP contribution in [-0.2, 0) is 9.53 Å². The van der Waals surface area contributed by atoms with Gasteiger partial charge in [0, 0.05) is 18.6 Å². The van der Waals surface area contributed by atoms with Crippen LogP contribution in [-0.4, -0.2) is 23.9 Å². The van der Waals surface area contributed by atoms with Crippen molar-refractivity contribution in [3.63, 3.8) is 0 Å². The van der Waals surface area contributed by atoms with Crippen LogP contribution in [0.2, 0.25) is 0 Å². The molecule has 0 saturated heterocycles. The maximum Gasteiger partial charge on any atom is 0.191 e. The Hall–Kier alpha value is -0.0600. The van der Waals surface area contributed by atoms with Gasteiger partial charge < -0.3 is 10.5 Å². The van der Waals surface area contributed by atoms with Crippen molar-refractivity contribution in [2.75, 3.05) is 13.2 Å². The highest BCUT2D eigenvalue weighted by atomic mass is 32.1. The summed E-state index contributed by atoms with van der Waals surface area (Å²) in [6.07, 6.45) is 1.55. The largest absolute Gasteiger partial charge is 0.374 e. The van der Waals surface area contributed by atoms with Gasteiger partial charge in [-0.2, -0.15) is 0 Å². The Kier molecular flexibility index (Phi) is 5.85. The molecule has 0 aliphatic heterocycles. The number of thiol groups is 1. The molecule has 1 atom stereocenters. The molecule has 0 aromatic heterocycles. The standard InChI is InChI=1S/C11H23NO2S/c1-5-11(4,8-12)14-7-6-10(2,3)9(13)15/h5-8,12H2,1-4H3,(H,13,15). The van der Waals surface area contributed by atoms with Gasteiger partial charge in [-0.1, -0.05) is 20.8 Å². The second kappa shape index (κ2) is 5.87. The summed E-state index contributed by atoms with van der Waals surface area (Å²) in [5.74, 6) is 0. The quantitative estimate of drug-likeness (QED) is 0.661. The zero-order chi connectivity index (χ0) is 12.1. The molecule has 1 unspecified atom stereocenters. The van der Waals surface area contributed by atoms with E-state index < -0.39 is 5.41 Å². The van der Waals surface area contributed by atoms with Crippen molar-refractivity contribution < 1.29 is 9.53 Å². The second-order valence-electron chi connectivity index (χ2n) is 4.80. The fourth-order valence-electron chi connectivity index (χ4n) is 0.965. The molecule has 0 bridgehead atoms. The fourth-order valence-corrected chi connectivity index (χ4v) is 1.08. The lowest BCUT2D eigenvalue weighted by atomic mass is 9.91. The van der Waals surface area contributed by atoms with E-state index in [0.717, 1.165) is 6.42 Å². The van der Waals surface area contributed by atoms with Crippen molar-refractivity contribution in [3.05, 3.63) is 0 Å². The van der Waals surface area contributed by atoms with Gasteiger partial charge >= 0.3 is 0 Å². The average Bonchev–Trinajstić information content (AvgIpc) is 2.17. The minimum Gasteiger partial charge on any atom is -0.374 e. The normalized spacial score (nSPS) is 16.1. The predicted molar refractivity (Wildman–Crippen MR) is 66.1 cm³/mol. The third-order valence-electron chi connectivity index (χ3n) is 2.94. The van der Waals surface area contributed by atoms with Crippen LogP contribution in [0, 0.1) is 5.41 Å². The van der Waals surface area contributed by atoms with Crippen molar-refractivity contribution in [2.45, 2.75) is 46.1 Å². The van der Waals surface area contributed by atoms with E-state index in [0.29, 0.717) is 19.6 Å². The van der Waals surface area contributed by atoms with Crippen molar-refractivity contribution in [1.29, 1.82) is 0 Å². The number of carbonyl (C=O) groups excluding carboxylic acids is 1. The summed E-state index contributed by atoms with van der Waals surface area (Å²) >= 11 is 3.85. The van der Waals surface area contributed by atoms with Crippen molar-refractivity contribution in [1.82, 2.24) is 0 Å². The Morgan fingerprint density at radius 3 is 2.27 bits per heavy atom. The molecule has 0 aliphatic rings. The number of nitrogens with two attached hydrogens (primary N) is 1. The van der Waals surface area contributed by atoms with Gasteiger partial charge in [-0.15, -0.1) is 12.6 Å². The minimum atomic E-state index is -0.424. The predicted octanol–water partition coefficient (Wildman–Crippen LogP) is 2.00. The van der Waals surface area contributed by atoms with Crippen molar-refractivity contribution in [2.24, 2.45) is 11.1 Å². The highest BCUT2D eigenvalue weighted by Crippen LogP contribution is 2.24. The topological polar surface area (TPSA) is 52.3 Å². The smallest absolute Gasteiger partial charge is 0.191 e. The first-order valence-electron chi connectivity index (χ1n) is 5.35. The summed E-state index contributed by atoms with van der Waals surface area (Å²) in [6, 6.07) is 0. The number of carbonyl (C=O) groups is 1. The Labute approximate surface area is 98.2 Å². The molecular formula is C11H23NO2S. The molecule has 0 radical (unpaired) electrons. The van der Waals surface area contributed by atoms with Gasteiger partial charge in [0.1, 0.15) is 0 Å². The molecule has 0 amide bonds. The molecule has 0 rings (SSSR count). The zero-order valence-electron chi connectivity index (χ0n) is 10.2. The van der Waals surface area contributed by atoms with E-state index in [9.17, 15) is 4.79 Å². The fraction of sp³-hybridized carbons (Fsp3) is 0.909. The van der Waals surface area contributed by atoms with Gasteiger partial charge in [0.25, 0.3) is 0 Å². The zero-order valence-corrected chi connectivity index (χ0v) is 11.1. The molecule has 90 valence electrons. The van der Waals surface area contributed by atoms with Crippen LogP contribution in [0.4, 0.5) is 0 Å². The highest BCUT2D eigenvalue weighted by Gasteiger charge is 2.26. The number of hydrogen-bond acceptors (Lipinski definition) is 3. The third-order valence-corrected chi connectivity index (χ3v) is 3.54. The number of hydrogen-bond donors (Lipinski definition) is 2. The van der Waals surface area contributed by atoms with E-state index in [2.05, 4.69) is 12.6 Å². The van der Waals surface area contributed by atoms with Crippen molar-refractivity contribution >= 4 is 17.7 Å². The summed E-state index contributed by atoms with van der Waals surface area (Å²) < 4.78 is 5.70. The third kappa shape index (κ3) is 5.00. The summed E-state index contributed by atoms with van der Waals surface area (Å²) in [7, 11) is 0. The van der Waals surface area contributed by atoms with Gasteiger partial charge in [0.2, 0.25) is 0 Å². The molecule has 3 nitrogen and oxygen atoms in total. The molecule has 0 aliphatic carbocycles. The highest BCUT2D eigenvalue weighted by molar-refractivity contribution is 7.96. The Morgan fingerprint density at radius 2 is 1.93 bits per heavy atom. The van der Waals surface area contributed by atoms with Gasteiger partial charge in [0.05, 0.1) is 5.60 Å². The van der Waals surface area contributed by atoms with Gasteiger partial charge in [-0.3, -0.25) is 4.79 Å². The summed E-state index contributed by atoms with van der Waals surface area (Å²) in [4.78, 5) is 11.1. The Balaban J connectivity index is 4.03. The molecule has 0 saturated carbocycles. The van der Waals surface area contributed by atoms with Crippen LogP contribution in [0.3, 0.4) is 0 Å². The van der Waals surface area contributed by atoms with Crippen LogP contribution in [0.5, 0.6) is 0 Å². The number of rotatable bonds is 7. The molecule has 0 heterocycles. The maximum atomic E-state index is 11.1. The minimum absolute atomic E-state index is 0.1000. The molecule has 0 fully saturated rings. The molecule has 0 spiro atoms. The Morgan fingerprint density at radius 1 is 1.40 bits per heavy atom. The van der Waals surface area contributed by atoms with Gasteiger partial charge in [-0.25, -0.2) is 0 Å². The van der Waals surface area contributed by atoms with E-state index in [4.69, 9.17) is 10.5 Å². The Bertz CT molecular complexity index is 213. The average molecular weight is 233 g/mol. The molecule has 4 heteroatoms. The summed E-state index contributed by atoms with van der Waals surface area (Å²) in [5.41, 5.74) is 4.93. The van der Waals surface area contributed by atoms with Crippen LogP contribution in [0.25, 0.3) is 0 Å². The van der Waals surface area contributed by atoms with Crippen LogP contribution in [0.1, 0.15) is 40.5 Å². The molecule has 0 aromatic carbocycles. The molecule has 15 heavy (non-hydrogen) atoms. The second-order valence-corrected chi connectivity index (χ2v) is 5.20. The van der Waals surface area contributed by atoms with Crippen LogP contribution in [0.15, 0.2) is 0 Å². The molecule has 0 aromatic rings. The maximum absolute atomic E-state index is 11.1. The summed E-state index contributed by atoms with van der Waals surface area (Å²) in [6.45, 7) is 8.82. The molecule has 2 N–H and O–H groups in total. The van der Waals surface area contributed by atoms with Crippen LogP contribution >= 0.6 is 12.6 Å². The van der Waals surface area contributed by atoms with E-state index in [-0.39, 0.29) is 10.7 Å².